The largest absolute Gasteiger partial charge is 0.456 e. The molecule has 11 rings (SSSR count). The lowest BCUT2D eigenvalue weighted by molar-refractivity contribution is 0.669. The standard InChI is InChI=1S/C52H34N2O/c1-2-13-40(14-3-1)54-49-18-8-6-16-44(49)46-33-39(27-31-50(46)54)37-23-21-35(22-24-37)36-25-28-41(29-26-36)53(48-19-10-12-38-11-4-5-15-43(38)48)42-30-32-52-47(34-42)45-17-7-9-20-51(45)55-52/h1-34H. The van der Waals surface area contributed by atoms with Gasteiger partial charge in [0, 0.05) is 44.0 Å². The summed E-state index contributed by atoms with van der Waals surface area (Å²) in [5, 5.41) is 7.15. The third kappa shape index (κ3) is 5.20. The normalized spacial score (nSPS) is 11.6. The van der Waals surface area contributed by atoms with Crippen molar-refractivity contribution < 1.29 is 4.42 Å². The molecule has 55 heavy (non-hydrogen) atoms. The number of para-hydroxylation sites is 3. The molecule has 3 nitrogen and oxygen atoms in total. The highest BCUT2D eigenvalue weighted by Gasteiger charge is 2.18. The second-order valence-corrected chi connectivity index (χ2v) is 14.2. The van der Waals surface area contributed by atoms with E-state index in [2.05, 4.69) is 204 Å². The molecule has 0 unspecified atom stereocenters. The number of rotatable bonds is 6. The first-order valence-corrected chi connectivity index (χ1v) is 18.8. The van der Waals surface area contributed by atoms with Gasteiger partial charge < -0.3 is 13.9 Å². The molecule has 0 N–H and O–H groups in total. The number of benzene rings is 9. The summed E-state index contributed by atoms with van der Waals surface area (Å²) in [6.45, 7) is 0. The average Bonchev–Trinajstić information content (AvgIpc) is 3.80. The Hall–Kier alpha value is -7.36. The van der Waals surface area contributed by atoms with Crippen LogP contribution < -0.4 is 4.90 Å². The molecule has 0 bridgehead atoms. The lowest BCUT2D eigenvalue weighted by Crippen LogP contribution is -2.10. The molecule has 3 heteroatoms. The number of hydrogen-bond acceptors (Lipinski definition) is 2. The van der Waals surface area contributed by atoms with Crippen LogP contribution >= 0.6 is 0 Å². The molecule has 0 aliphatic carbocycles. The highest BCUT2D eigenvalue weighted by Crippen LogP contribution is 2.42. The minimum Gasteiger partial charge on any atom is -0.456 e. The number of anilines is 3. The Bertz CT molecular complexity index is 3180. The first-order chi connectivity index (χ1) is 27.3. The number of hydrogen-bond donors (Lipinski definition) is 0. The van der Waals surface area contributed by atoms with Gasteiger partial charge >= 0.3 is 0 Å². The molecule has 2 heterocycles. The minimum absolute atomic E-state index is 0.889. The van der Waals surface area contributed by atoms with Gasteiger partial charge in [-0.1, -0.05) is 133 Å². The van der Waals surface area contributed by atoms with Crippen molar-refractivity contribution in [1.82, 2.24) is 4.57 Å². The Morgan fingerprint density at radius 3 is 1.75 bits per heavy atom. The molecule has 258 valence electrons. The maximum atomic E-state index is 6.20. The minimum atomic E-state index is 0.889. The SMILES string of the molecule is c1ccc(-n2c3ccccc3c3cc(-c4ccc(-c5ccc(N(c6ccc7oc8ccccc8c7c6)c6cccc7ccccc67)cc5)cc4)ccc32)cc1. The smallest absolute Gasteiger partial charge is 0.135 e. The Labute approximate surface area is 318 Å². The third-order valence-electron chi connectivity index (χ3n) is 11.0. The van der Waals surface area contributed by atoms with Crippen LogP contribution in [0.5, 0.6) is 0 Å². The summed E-state index contributed by atoms with van der Waals surface area (Å²) >= 11 is 0. The topological polar surface area (TPSA) is 21.3 Å². The summed E-state index contributed by atoms with van der Waals surface area (Å²) in [6, 6.07) is 74.0. The maximum absolute atomic E-state index is 6.20. The number of nitrogens with zero attached hydrogens (tertiary/aromatic N) is 2. The van der Waals surface area contributed by atoms with E-state index in [1.807, 2.05) is 12.1 Å². The highest BCUT2D eigenvalue weighted by atomic mass is 16.3. The zero-order valence-corrected chi connectivity index (χ0v) is 29.9. The van der Waals surface area contributed by atoms with E-state index in [1.54, 1.807) is 0 Å². The summed E-state index contributed by atoms with van der Waals surface area (Å²) in [5.41, 5.74) is 13.4. The van der Waals surface area contributed by atoms with Gasteiger partial charge in [0.1, 0.15) is 11.2 Å². The van der Waals surface area contributed by atoms with E-state index in [9.17, 15) is 0 Å². The molecule has 11 aromatic rings. The maximum Gasteiger partial charge on any atom is 0.135 e. The first kappa shape index (κ1) is 31.2. The quantitative estimate of drug-likeness (QED) is 0.172. The highest BCUT2D eigenvalue weighted by molar-refractivity contribution is 6.11. The van der Waals surface area contributed by atoms with Crippen LogP contribution in [0.4, 0.5) is 17.1 Å². The van der Waals surface area contributed by atoms with Gasteiger partial charge in [-0.2, -0.15) is 0 Å². The van der Waals surface area contributed by atoms with Gasteiger partial charge in [-0.25, -0.2) is 0 Å². The van der Waals surface area contributed by atoms with Crippen LogP contribution in [0.15, 0.2) is 211 Å². The summed E-state index contributed by atoms with van der Waals surface area (Å²) < 4.78 is 8.57. The molecule has 0 fully saturated rings. The summed E-state index contributed by atoms with van der Waals surface area (Å²) in [4.78, 5) is 2.36. The van der Waals surface area contributed by atoms with Gasteiger partial charge in [-0.15, -0.1) is 0 Å². The molecule has 0 saturated heterocycles. The molecular weight excluding hydrogens is 669 g/mol. The van der Waals surface area contributed by atoms with Gasteiger partial charge in [0.05, 0.1) is 16.7 Å². The average molecular weight is 703 g/mol. The molecule has 0 amide bonds. The van der Waals surface area contributed by atoms with Gasteiger partial charge in [0.25, 0.3) is 0 Å². The lowest BCUT2D eigenvalue weighted by atomic mass is 9.98. The van der Waals surface area contributed by atoms with Crippen LogP contribution in [0.1, 0.15) is 0 Å². The van der Waals surface area contributed by atoms with E-state index in [4.69, 9.17) is 4.42 Å². The molecule has 0 aliphatic rings. The van der Waals surface area contributed by atoms with Crippen molar-refractivity contribution in [3.8, 4) is 27.9 Å². The van der Waals surface area contributed by atoms with Gasteiger partial charge in [-0.3, -0.25) is 0 Å². The number of fused-ring (bicyclic) bond motifs is 7. The van der Waals surface area contributed by atoms with E-state index in [1.165, 1.54) is 60.5 Å². The van der Waals surface area contributed by atoms with Gasteiger partial charge in [0.2, 0.25) is 0 Å². The van der Waals surface area contributed by atoms with Crippen molar-refractivity contribution in [2.45, 2.75) is 0 Å². The Morgan fingerprint density at radius 1 is 0.345 bits per heavy atom. The zero-order valence-electron chi connectivity index (χ0n) is 29.9. The van der Waals surface area contributed by atoms with Gasteiger partial charge in [-0.05, 0) is 100 Å². The van der Waals surface area contributed by atoms with Crippen LogP contribution in [0.2, 0.25) is 0 Å². The molecule has 9 aromatic carbocycles. The first-order valence-electron chi connectivity index (χ1n) is 18.8. The monoisotopic (exact) mass is 702 g/mol. The van der Waals surface area contributed by atoms with E-state index in [0.29, 0.717) is 0 Å². The number of aromatic nitrogens is 1. The van der Waals surface area contributed by atoms with Crippen molar-refractivity contribution in [1.29, 1.82) is 0 Å². The fourth-order valence-corrected chi connectivity index (χ4v) is 8.35. The van der Waals surface area contributed by atoms with E-state index < -0.39 is 0 Å². The Kier molecular flexibility index (Phi) is 7.17. The van der Waals surface area contributed by atoms with Crippen molar-refractivity contribution in [3.63, 3.8) is 0 Å². The summed E-state index contributed by atoms with van der Waals surface area (Å²) in [7, 11) is 0. The summed E-state index contributed by atoms with van der Waals surface area (Å²) in [5.74, 6) is 0. The molecule has 0 atom stereocenters. The molecule has 0 radical (unpaired) electrons. The number of furan rings is 1. The predicted molar refractivity (Wildman–Crippen MR) is 231 cm³/mol. The Balaban J connectivity index is 0.959. The second-order valence-electron chi connectivity index (χ2n) is 14.2. The van der Waals surface area contributed by atoms with E-state index in [-0.39, 0.29) is 0 Å². The summed E-state index contributed by atoms with van der Waals surface area (Å²) in [6.07, 6.45) is 0. The zero-order chi connectivity index (χ0) is 36.3. The molecular formula is C52H34N2O. The fraction of sp³-hybridized carbons (Fsp3) is 0. The van der Waals surface area contributed by atoms with Crippen LogP contribution in [-0.4, -0.2) is 4.57 Å². The lowest BCUT2D eigenvalue weighted by Gasteiger charge is -2.27. The van der Waals surface area contributed by atoms with Gasteiger partial charge in [0.15, 0.2) is 0 Å². The van der Waals surface area contributed by atoms with Crippen LogP contribution in [0.25, 0.3) is 82.5 Å². The fourth-order valence-electron chi connectivity index (χ4n) is 8.35. The third-order valence-corrected chi connectivity index (χ3v) is 11.0. The Morgan fingerprint density at radius 2 is 0.927 bits per heavy atom. The van der Waals surface area contributed by atoms with Crippen LogP contribution in [-0.2, 0) is 0 Å². The second kappa shape index (κ2) is 12.6. The van der Waals surface area contributed by atoms with Crippen molar-refractivity contribution >= 4 is 71.6 Å². The van der Waals surface area contributed by atoms with Crippen molar-refractivity contribution in [2.75, 3.05) is 4.90 Å². The van der Waals surface area contributed by atoms with E-state index >= 15 is 0 Å². The molecule has 0 saturated carbocycles. The predicted octanol–water partition coefficient (Wildman–Crippen LogP) is 14.6. The molecule has 0 aliphatic heterocycles. The molecule has 2 aromatic heterocycles. The molecule has 0 spiro atoms. The van der Waals surface area contributed by atoms with E-state index in [0.717, 1.165) is 39.0 Å². The van der Waals surface area contributed by atoms with Crippen LogP contribution in [0.3, 0.4) is 0 Å². The van der Waals surface area contributed by atoms with Crippen LogP contribution in [0, 0.1) is 0 Å². The van der Waals surface area contributed by atoms with Crippen molar-refractivity contribution in [3.05, 3.63) is 206 Å². The van der Waals surface area contributed by atoms with Crippen molar-refractivity contribution in [2.24, 2.45) is 0 Å².